The number of likely N-dealkylation sites (tertiary alicyclic amines) is 1. The fourth-order valence-corrected chi connectivity index (χ4v) is 2.84. The molecule has 0 spiro atoms. The summed E-state index contributed by atoms with van der Waals surface area (Å²) in [6.07, 6.45) is 5.62. The van der Waals surface area contributed by atoms with E-state index in [2.05, 4.69) is 20.3 Å². The van der Waals surface area contributed by atoms with E-state index in [4.69, 9.17) is 4.74 Å². The number of hydrogen-bond donors (Lipinski definition) is 1. The summed E-state index contributed by atoms with van der Waals surface area (Å²) in [5.74, 6) is 0.985. The minimum atomic E-state index is 0.518. The SMILES string of the molecule is COCc1cc(NCCCN2CCCC2)n2nccc2n1. The molecule has 0 saturated carbocycles. The molecule has 21 heavy (non-hydrogen) atoms. The topological polar surface area (TPSA) is 54.7 Å². The molecule has 6 heteroatoms. The van der Waals surface area contributed by atoms with Gasteiger partial charge in [-0.25, -0.2) is 4.98 Å². The summed E-state index contributed by atoms with van der Waals surface area (Å²) in [5, 5.41) is 7.79. The fraction of sp³-hybridized carbons (Fsp3) is 0.600. The first-order valence-electron chi connectivity index (χ1n) is 7.65. The minimum absolute atomic E-state index is 0.518. The second-order valence-electron chi connectivity index (χ2n) is 5.50. The van der Waals surface area contributed by atoms with E-state index in [1.165, 1.54) is 32.5 Å². The van der Waals surface area contributed by atoms with E-state index in [1.54, 1.807) is 13.3 Å². The number of aromatic nitrogens is 3. The van der Waals surface area contributed by atoms with Crippen LogP contribution in [-0.4, -0.2) is 52.8 Å². The number of rotatable bonds is 7. The molecule has 0 radical (unpaired) electrons. The summed E-state index contributed by atoms with van der Waals surface area (Å²) in [4.78, 5) is 7.04. The predicted octanol–water partition coefficient (Wildman–Crippen LogP) is 1.77. The molecule has 1 N–H and O–H groups in total. The number of anilines is 1. The van der Waals surface area contributed by atoms with Gasteiger partial charge in [0.1, 0.15) is 5.82 Å². The highest BCUT2D eigenvalue weighted by atomic mass is 16.5. The zero-order valence-electron chi connectivity index (χ0n) is 12.6. The van der Waals surface area contributed by atoms with Crippen LogP contribution in [0.25, 0.3) is 5.65 Å². The van der Waals surface area contributed by atoms with Gasteiger partial charge in [-0.05, 0) is 38.9 Å². The highest BCUT2D eigenvalue weighted by molar-refractivity contribution is 5.48. The lowest BCUT2D eigenvalue weighted by Gasteiger charge is -2.15. The van der Waals surface area contributed by atoms with Crippen LogP contribution in [0.4, 0.5) is 5.82 Å². The van der Waals surface area contributed by atoms with Crippen LogP contribution in [-0.2, 0) is 11.3 Å². The van der Waals surface area contributed by atoms with E-state index < -0.39 is 0 Å². The van der Waals surface area contributed by atoms with Gasteiger partial charge in [-0.3, -0.25) is 0 Å². The molecule has 0 amide bonds. The summed E-state index contributed by atoms with van der Waals surface area (Å²) in [5.41, 5.74) is 1.78. The van der Waals surface area contributed by atoms with Crippen molar-refractivity contribution in [3.05, 3.63) is 24.0 Å². The van der Waals surface area contributed by atoms with Crippen LogP contribution in [0.5, 0.6) is 0 Å². The van der Waals surface area contributed by atoms with Crippen molar-refractivity contribution >= 4 is 11.5 Å². The number of ether oxygens (including phenoxy) is 1. The van der Waals surface area contributed by atoms with Crippen LogP contribution >= 0.6 is 0 Å². The van der Waals surface area contributed by atoms with Crippen LogP contribution < -0.4 is 5.32 Å². The molecular formula is C15H23N5O. The Balaban J connectivity index is 1.60. The third-order valence-electron chi connectivity index (χ3n) is 3.86. The Kier molecular flexibility index (Phi) is 4.67. The number of nitrogens with zero attached hydrogens (tertiary/aromatic N) is 4. The molecule has 2 aromatic heterocycles. The highest BCUT2D eigenvalue weighted by Crippen LogP contribution is 2.13. The zero-order chi connectivity index (χ0) is 14.5. The van der Waals surface area contributed by atoms with Crippen LogP contribution in [0.3, 0.4) is 0 Å². The number of nitrogens with one attached hydrogen (secondary N) is 1. The Hall–Kier alpha value is -1.66. The van der Waals surface area contributed by atoms with Crippen LogP contribution in [0.15, 0.2) is 18.3 Å². The van der Waals surface area contributed by atoms with Crippen molar-refractivity contribution in [2.24, 2.45) is 0 Å². The molecular weight excluding hydrogens is 266 g/mol. The maximum absolute atomic E-state index is 5.17. The van der Waals surface area contributed by atoms with Gasteiger partial charge in [0.05, 0.1) is 18.5 Å². The standard InChI is InChI=1S/C15H23N5O/c1-21-12-13-11-15(20-14(18-13)5-7-17-20)16-6-4-10-19-8-2-3-9-19/h5,7,11,16H,2-4,6,8-10,12H2,1H3. The fourth-order valence-electron chi connectivity index (χ4n) is 2.84. The summed E-state index contributed by atoms with van der Waals surface area (Å²) in [7, 11) is 1.69. The zero-order valence-corrected chi connectivity index (χ0v) is 12.6. The van der Waals surface area contributed by atoms with Crippen molar-refractivity contribution < 1.29 is 4.74 Å². The average Bonchev–Trinajstić information content (AvgIpc) is 3.14. The Bertz CT molecular complexity index is 576. The Morgan fingerprint density at radius 1 is 1.33 bits per heavy atom. The van der Waals surface area contributed by atoms with Crippen LogP contribution in [0.1, 0.15) is 25.0 Å². The molecule has 0 atom stereocenters. The second-order valence-corrected chi connectivity index (χ2v) is 5.50. The van der Waals surface area contributed by atoms with Gasteiger partial charge in [0.15, 0.2) is 5.65 Å². The molecule has 114 valence electrons. The molecule has 3 heterocycles. The lowest BCUT2D eigenvalue weighted by Crippen LogP contribution is -2.22. The molecule has 6 nitrogen and oxygen atoms in total. The molecule has 0 aromatic carbocycles. The molecule has 0 unspecified atom stereocenters. The van der Waals surface area contributed by atoms with Gasteiger partial charge in [-0.2, -0.15) is 9.61 Å². The average molecular weight is 289 g/mol. The van der Waals surface area contributed by atoms with Gasteiger partial charge < -0.3 is 15.0 Å². The maximum atomic E-state index is 5.17. The van der Waals surface area contributed by atoms with Crippen molar-refractivity contribution in [3.63, 3.8) is 0 Å². The third-order valence-corrected chi connectivity index (χ3v) is 3.86. The van der Waals surface area contributed by atoms with E-state index in [0.717, 1.165) is 30.1 Å². The van der Waals surface area contributed by atoms with Crippen molar-refractivity contribution in [1.82, 2.24) is 19.5 Å². The van der Waals surface area contributed by atoms with E-state index in [0.29, 0.717) is 6.61 Å². The van der Waals surface area contributed by atoms with Crippen molar-refractivity contribution in [3.8, 4) is 0 Å². The number of hydrogen-bond acceptors (Lipinski definition) is 5. The van der Waals surface area contributed by atoms with Gasteiger partial charge in [0, 0.05) is 25.8 Å². The molecule has 3 rings (SSSR count). The monoisotopic (exact) mass is 289 g/mol. The Labute approximate surface area is 125 Å². The predicted molar refractivity (Wildman–Crippen MR) is 82.5 cm³/mol. The van der Waals surface area contributed by atoms with Crippen molar-refractivity contribution in [2.75, 3.05) is 38.6 Å². The molecule has 1 saturated heterocycles. The molecule has 1 fully saturated rings. The molecule has 1 aliphatic heterocycles. The number of fused-ring (bicyclic) bond motifs is 1. The first-order chi connectivity index (χ1) is 10.4. The second kappa shape index (κ2) is 6.87. The Morgan fingerprint density at radius 2 is 2.19 bits per heavy atom. The van der Waals surface area contributed by atoms with Crippen molar-refractivity contribution in [2.45, 2.75) is 25.9 Å². The lowest BCUT2D eigenvalue weighted by molar-refractivity contribution is 0.181. The van der Waals surface area contributed by atoms with E-state index in [9.17, 15) is 0 Å². The van der Waals surface area contributed by atoms with E-state index in [-0.39, 0.29) is 0 Å². The van der Waals surface area contributed by atoms with E-state index in [1.807, 2.05) is 16.6 Å². The molecule has 2 aromatic rings. The summed E-state index contributed by atoms with van der Waals surface area (Å²) in [6.45, 7) is 5.16. The quantitative estimate of drug-likeness (QED) is 0.787. The first kappa shape index (κ1) is 14.3. The van der Waals surface area contributed by atoms with Crippen LogP contribution in [0.2, 0.25) is 0 Å². The Morgan fingerprint density at radius 3 is 3.00 bits per heavy atom. The molecule has 0 aliphatic carbocycles. The highest BCUT2D eigenvalue weighted by Gasteiger charge is 2.10. The summed E-state index contributed by atoms with van der Waals surface area (Å²) in [6, 6.07) is 3.92. The van der Waals surface area contributed by atoms with Gasteiger partial charge in [0.25, 0.3) is 0 Å². The molecule has 1 aliphatic rings. The van der Waals surface area contributed by atoms with Gasteiger partial charge >= 0.3 is 0 Å². The van der Waals surface area contributed by atoms with Crippen molar-refractivity contribution in [1.29, 1.82) is 0 Å². The van der Waals surface area contributed by atoms with E-state index >= 15 is 0 Å². The summed E-state index contributed by atoms with van der Waals surface area (Å²) >= 11 is 0. The first-order valence-corrected chi connectivity index (χ1v) is 7.65. The van der Waals surface area contributed by atoms with Gasteiger partial charge in [-0.1, -0.05) is 0 Å². The minimum Gasteiger partial charge on any atom is -0.378 e. The lowest BCUT2D eigenvalue weighted by atomic mass is 10.3. The molecule has 0 bridgehead atoms. The maximum Gasteiger partial charge on any atom is 0.157 e. The largest absolute Gasteiger partial charge is 0.378 e. The third kappa shape index (κ3) is 3.51. The van der Waals surface area contributed by atoms with Gasteiger partial charge in [-0.15, -0.1) is 0 Å². The van der Waals surface area contributed by atoms with Crippen LogP contribution in [0, 0.1) is 0 Å². The normalized spacial score (nSPS) is 15.9. The smallest absolute Gasteiger partial charge is 0.157 e. The number of methoxy groups -OCH3 is 1. The summed E-state index contributed by atoms with van der Waals surface area (Å²) < 4.78 is 7.02. The van der Waals surface area contributed by atoms with Gasteiger partial charge in [0.2, 0.25) is 0 Å².